The van der Waals surface area contributed by atoms with E-state index < -0.39 is 65.5 Å². The van der Waals surface area contributed by atoms with Gasteiger partial charge in [0.15, 0.2) is 17.3 Å². The predicted octanol–water partition coefficient (Wildman–Crippen LogP) is 7.96. The van der Waals surface area contributed by atoms with Crippen molar-refractivity contribution in [2.24, 2.45) is 21.6 Å². The standard InChI is InChI=1S/C38H41ClF4N8O3/c1-35(2,3)20-38(25-8-5-22(6-9-25)24-17-46-49(18-24)26-10-11-26)33(53)50(34(44)48-38)29(19-54-30(52)16-37(13-14-37)36(4,42)43)23-7-12-27(39)28(15-23)51-32(31(40)41)45-21-47-51/h5-9,12,15,17-18,21,26,29,31H,10-11,13-14,16,19-20H2,1-4H3,(H2,44,48)/t29-,38-/m1/s1. The maximum atomic E-state index is 15.0. The Morgan fingerprint density at radius 2 is 1.76 bits per heavy atom. The van der Waals surface area contributed by atoms with Crippen LogP contribution in [0.15, 0.2) is 66.2 Å². The largest absolute Gasteiger partial charge is 0.463 e. The maximum absolute atomic E-state index is 15.0. The molecule has 0 saturated heterocycles. The Morgan fingerprint density at radius 1 is 1.06 bits per heavy atom. The summed E-state index contributed by atoms with van der Waals surface area (Å²) in [5, 5.41) is 8.47. The molecule has 2 aromatic carbocycles. The number of alkyl halides is 4. The molecule has 3 aliphatic rings. The van der Waals surface area contributed by atoms with Crippen LogP contribution >= 0.6 is 11.6 Å². The number of hydrogen-bond acceptors (Lipinski definition) is 8. The van der Waals surface area contributed by atoms with Crippen molar-refractivity contribution >= 4 is 29.4 Å². The summed E-state index contributed by atoms with van der Waals surface area (Å²) >= 11 is 6.49. The van der Waals surface area contributed by atoms with Gasteiger partial charge in [-0.2, -0.15) is 10.2 Å². The van der Waals surface area contributed by atoms with Crippen molar-refractivity contribution in [3.05, 3.63) is 83.2 Å². The third-order valence-corrected chi connectivity index (χ3v) is 10.8. The Bertz CT molecular complexity index is 2100. The molecule has 4 aromatic rings. The third kappa shape index (κ3) is 7.09. The lowest BCUT2D eigenvalue weighted by molar-refractivity contribution is -0.153. The van der Waals surface area contributed by atoms with Gasteiger partial charge in [-0.05, 0) is 73.3 Å². The first kappa shape index (κ1) is 37.5. The van der Waals surface area contributed by atoms with E-state index in [9.17, 15) is 22.4 Å². The Hall–Kier alpha value is -4.79. The van der Waals surface area contributed by atoms with Crippen molar-refractivity contribution in [2.75, 3.05) is 6.61 Å². The first-order valence-corrected chi connectivity index (χ1v) is 18.1. The SMILES string of the molecule is CC(C)(C)C[C@]1(c2ccc(-c3cnn(C4CC4)c3)cc2)N=C(N)N([C@H](COC(=O)CC2(C(C)(F)F)CC2)c2ccc(Cl)c(-n3ncnc3C(F)F)c2)C1=O. The van der Waals surface area contributed by atoms with Crippen LogP contribution in [0.3, 0.4) is 0 Å². The summed E-state index contributed by atoms with van der Waals surface area (Å²) in [5.41, 5.74) is 5.90. The molecule has 54 heavy (non-hydrogen) atoms. The number of aliphatic imine (C=N–C) groups is 1. The summed E-state index contributed by atoms with van der Waals surface area (Å²) in [4.78, 5) is 37.9. The highest BCUT2D eigenvalue weighted by Crippen LogP contribution is 2.59. The first-order valence-electron chi connectivity index (χ1n) is 17.8. The van der Waals surface area contributed by atoms with Crippen LogP contribution < -0.4 is 5.73 Å². The second kappa shape index (κ2) is 13.5. The van der Waals surface area contributed by atoms with E-state index in [2.05, 4.69) is 15.2 Å². The summed E-state index contributed by atoms with van der Waals surface area (Å²) in [5.74, 6) is -5.34. The second-order valence-electron chi connectivity index (χ2n) is 15.8. The molecule has 3 heterocycles. The molecule has 0 spiro atoms. The fourth-order valence-electron chi connectivity index (χ4n) is 7.26. The van der Waals surface area contributed by atoms with Crippen LogP contribution in [-0.4, -0.2) is 59.8 Å². The zero-order chi connectivity index (χ0) is 38.8. The minimum Gasteiger partial charge on any atom is -0.463 e. The number of aromatic nitrogens is 5. The van der Waals surface area contributed by atoms with Crippen LogP contribution in [0.25, 0.3) is 16.8 Å². The Kier molecular flexibility index (Phi) is 9.38. The number of nitrogens with zero attached hydrogens (tertiary/aromatic N) is 7. The summed E-state index contributed by atoms with van der Waals surface area (Å²) in [7, 11) is 0. The summed E-state index contributed by atoms with van der Waals surface area (Å²) < 4.78 is 65.1. The lowest BCUT2D eigenvalue weighted by Gasteiger charge is -2.35. The monoisotopic (exact) mass is 768 g/mol. The molecule has 16 heteroatoms. The zero-order valence-electron chi connectivity index (χ0n) is 30.3. The molecule has 11 nitrogen and oxygen atoms in total. The number of carbonyl (C=O) groups excluding carboxylic acids is 2. The number of amides is 1. The van der Waals surface area contributed by atoms with Gasteiger partial charge in [-0.1, -0.05) is 62.7 Å². The van der Waals surface area contributed by atoms with Crippen molar-refractivity contribution in [2.45, 2.75) is 96.2 Å². The van der Waals surface area contributed by atoms with Crippen molar-refractivity contribution in [3.8, 4) is 16.8 Å². The summed E-state index contributed by atoms with van der Waals surface area (Å²) in [6.07, 6.45) is 4.01. The number of benzene rings is 2. The molecule has 2 aromatic heterocycles. The number of guanidine groups is 1. The van der Waals surface area contributed by atoms with Crippen LogP contribution in [0.4, 0.5) is 17.6 Å². The van der Waals surface area contributed by atoms with Gasteiger partial charge in [0, 0.05) is 17.2 Å². The minimum atomic E-state index is -3.10. The molecule has 1 aliphatic heterocycles. The van der Waals surface area contributed by atoms with E-state index in [-0.39, 0.29) is 41.5 Å². The topological polar surface area (TPSA) is 134 Å². The van der Waals surface area contributed by atoms with E-state index in [0.717, 1.165) is 41.9 Å². The lowest BCUT2D eigenvalue weighted by Crippen LogP contribution is -2.47. The van der Waals surface area contributed by atoms with Gasteiger partial charge in [0.1, 0.15) is 12.9 Å². The minimum absolute atomic E-state index is 0.0181. The molecule has 2 fully saturated rings. The van der Waals surface area contributed by atoms with Crippen LogP contribution in [0, 0.1) is 10.8 Å². The van der Waals surface area contributed by atoms with Crippen LogP contribution in [-0.2, 0) is 19.9 Å². The van der Waals surface area contributed by atoms with Crippen molar-refractivity contribution < 1.29 is 31.9 Å². The molecule has 0 radical (unpaired) electrons. The van der Waals surface area contributed by atoms with Crippen LogP contribution in [0.5, 0.6) is 0 Å². The van der Waals surface area contributed by atoms with Gasteiger partial charge in [0.05, 0.1) is 35.4 Å². The predicted molar refractivity (Wildman–Crippen MR) is 192 cm³/mol. The van der Waals surface area contributed by atoms with E-state index in [1.165, 1.54) is 23.1 Å². The maximum Gasteiger partial charge on any atom is 0.306 e. The van der Waals surface area contributed by atoms with Crippen molar-refractivity contribution in [1.29, 1.82) is 0 Å². The molecule has 0 bridgehead atoms. The number of rotatable bonds is 13. The number of nitrogens with two attached hydrogens (primary N) is 1. The first-order chi connectivity index (χ1) is 25.4. The normalized spacial score (nSPS) is 20.4. The molecule has 2 N–H and O–H groups in total. The van der Waals surface area contributed by atoms with Crippen LogP contribution in [0.1, 0.15) is 102 Å². The van der Waals surface area contributed by atoms with Gasteiger partial charge in [0.2, 0.25) is 0 Å². The highest BCUT2D eigenvalue weighted by atomic mass is 35.5. The van der Waals surface area contributed by atoms with Crippen LogP contribution in [0.2, 0.25) is 5.02 Å². The number of esters is 1. The summed E-state index contributed by atoms with van der Waals surface area (Å²) in [6, 6.07) is 11.1. The van der Waals surface area contributed by atoms with E-state index in [4.69, 9.17) is 27.1 Å². The quantitative estimate of drug-likeness (QED) is 0.108. The molecular weight excluding hydrogens is 728 g/mol. The molecule has 1 amide bonds. The number of carbonyl (C=O) groups is 2. The molecule has 0 unspecified atom stereocenters. The number of ether oxygens (including phenoxy) is 1. The van der Waals surface area contributed by atoms with E-state index in [1.807, 2.05) is 55.9 Å². The molecule has 7 rings (SSSR count). The van der Waals surface area contributed by atoms with E-state index >= 15 is 4.79 Å². The van der Waals surface area contributed by atoms with Gasteiger partial charge in [-0.25, -0.2) is 32.2 Å². The van der Waals surface area contributed by atoms with E-state index in [1.54, 1.807) is 6.20 Å². The highest BCUT2D eigenvalue weighted by Gasteiger charge is 2.60. The number of hydrogen-bond donors (Lipinski definition) is 1. The smallest absolute Gasteiger partial charge is 0.306 e. The second-order valence-corrected chi connectivity index (χ2v) is 16.3. The van der Waals surface area contributed by atoms with Gasteiger partial charge in [-0.3, -0.25) is 19.2 Å². The Morgan fingerprint density at radius 3 is 2.37 bits per heavy atom. The zero-order valence-corrected chi connectivity index (χ0v) is 31.0. The third-order valence-electron chi connectivity index (χ3n) is 10.5. The van der Waals surface area contributed by atoms with Gasteiger partial charge < -0.3 is 10.5 Å². The average molecular weight is 769 g/mol. The van der Waals surface area contributed by atoms with Gasteiger partial charge in [-0.15, -0.1) is 0 Å². The van der Waals surface area contributed by atoms with Crippen molar-refractivity contribution in [1.82, 2.24) is 29.4 Å². The highest BCUT2D eigenvalue weighted by molar-refractivity contribution is 6.32. The molecule has 2 saturated carbocycles. The fourth-order valence-corrected chi connectivity index (χ4v) is 7.46. The summed E-state index contributed by atoms with van der Waals surface area (Å²) in [6.45, 7) is 6.18. The van der Waals surface area contributed by atoms with Gasteiger partial charge in [0.25, 0.3) is 18.3 Å². The Labute approximate surface area is 314 Å². The molecule has 2 atom stereocenters. The van der Waals surface area contributed by atoms with Crippen molar-refractivity contribution in [3.63, 3.8) is 0 Å². The van der Waals surface area contributed by atoms with Gasteiger partial charge >= 0.3 is 5.97 Å². The molecular formula is C38H41ClF4N8O3. The molecule has 286 valence electrons. The average Bonchev–Trinajstić information content (AvgIpc) is 3.97. The lowest BCUT2D eigenvalue weighted by atomic mass is 9.75. The number of halogens is 5. The molecule has 2 aliphatic carbocycles. The fraction of sp³-hybridized carbons (Fsp3) is 0.474. The van der Waals surface area contributed by atoms with E-state index in [0.29, 0.717) is 11.6 Å². The Balaban J connectivity index is 1.26.